The Hall–Kier alpha value is -2.80. The molecule has 4 saturated heterocycles. The Balaban J connectivity index is 1.26. The molecule has 1 aromatic carbocycles. The van der Waals surface area contributed by atoms with Crippen LogP contribution in [0.2, 0.25) is 0 Å². The molecule has 0 aromatic heterocycles. The highest BCUT2D eigenvalue weighted by Crippen LogP contribution is 2.43. The van der Waals surface area contributed by atoms with Crippen molar-refractivity contribution in [1.82, 2.24) is 4.90 Å². The number of hydrogen-bond donors (Lipinski definition) is 0. The smallest absolute Gasteiger partial charge is 0.412 e. The maximum absolute atomic E-state index is 13.8. The van der Waals surface area contributed by atoms with Crippen molar-refractivity contribution in [3.05, 3.63) is 79.4 Å². The molecular weight excluding hydrogens is 719 g/mol. The number of carbonyl (C=O) groups excluding carboxylic acids is 1. The minimum Gasteiger partial charge on any atom is -0.444 e. The standard InChI is InChI=1S/C44H65NO9S/c1-11-21-49-22-15-16-33-24-30(3)38(50-33)20-19-34-23-29(2)31(4)40(51-34)26-41-37(28-55(47,48)36-17-13-12-14-18-36)32(5)39(52-41)25-35-27-45(44(9,10)53-35)42(46)54-43(6,7)8/h11-18,29,32-35,37-41H,1,3-4,19-28H2,2,5-10H3/b16-15+/t29-,32-,33+,34+,35+,37-,38?,39-,40?,41+/m1/s1. The summed E-state index contributed by atoms with van der Waals surface area (Å²) in [6, 6.07) is 8.63. The summed E-state index contributed by atoms with van der Waals surface area (Å²) in [6.07, 6.45) is 8.32. The molecule has 4 heterocycles. The summed E-state index contributed by atoms with van der Waals surface area (Å²) < 4.78 is 65.2. The lowest BCUT2D eigenvalue weighted by atomic mass is 9.82. The predicted molar refractivity (Wildman–Crippen MR) is 214 cm³/mol. The Morgan fingerprint density at radius 2 is 1.71 bits per heavy atom. The quantitative estimate of drug-likeness (QED) is 0.128. The van der Waals surface area contributed by atoms with Crippen molar-refractivity contribution in [3.8, 4) is 0 Å². The normalized spacial score (nSPS) is 32.7. The van der Waals surface area contributed by atoms with Crippen LogP contribution in [0.5, 0.6) is 0 Å². The number of rotatable bonds is 15. The average Bonchev–Trinajstić information content (AvgIpc) is 3.72. The van der Waals surface area contributed by atoms with Crippen molar-refractivity contribution in [3.63, 3.8) is 0 Å². The largest absolute Gasteiger partial charge is 0.444 e. The summed E-state index contributed by atoms with van der Waals surface area (Å²) in [5.41, 5.74) is 0.607. The highest BCUT2D eigenvalue weighted by molar-refractivity contribution is 7.91. The second-order valence-corrected chi connectivity index (χ2v) is 19.4. The van der Waals surface area contributed by atoms with E-state index in [1.165, 1.54) is 0 Å². The van der Waals surface area contributed by atoms with Gasteiger partial charge in [-0.15, -0.1) is 6.58 Å². The second-order valence-electron chi connectivity index (χ2n) is 17.4. The van der Waals surface area contributed by atoms with E-state index in [4.69, 9.17) is 28.4 Å². The van der Waals surface area contributed by atoms with E-state index < -0.39 is 27.3 Å². The third kappa shape index (κ3) is 11.4. The number of carbonyl (C=O) groups is 1. The van der Waals surface area contributed by atoms with E-state index in [2.05, 4.69) is 39.7 Å². The Morgan fingerprint density at radius 3 is 2.40 bits per heavy atom. The van der Waals surface area contributed by atoms with Gasteiger partial charge < -0.3 is 28.4 Å². The first kappa shape index (κ1) is 43.3. The number of benzene rings is 1. The van der Waals surface area contributed by atoms with Crippen molar-refractivity contribution in [2.75, 3.05) is 25.5 Å². The minimum atomic E-state index is -3.61. The van der Waals surface area contributed by atoms with Crippen LogP contribution in [0.3, 0.4) is 0 Å². The molecule has 0 radical (unpaired) electrons. The molecule has 4 aliphatic heterocycles. The monoisotopic (exact) mass is 783 g/mol. The third-order valence-corrected chi connectivity index (χ3v) is 13.3. The lowest BCUT2D eigenvalue weighted by Gasteiger charge is -2.38. The molecule has 4 aliphatic rings. The van der Waals surface area contributed by atoms with Gasteiger partial charge in [0.25, 0.3) is 0 Å². The van der Waals surface area contributed by atoms with E-state index in [-0.39, 0.29) is 66.2 Å². The van der Waals surface area contributed by atoms with Crippen LogP contribution in [0.15, 0.2) is 84.3 Å². The maximum Gasteiger partial charge on any atom is 0.412 e. The van der Waals surface area contributed by atoms with Gasteiger partial charge in [-0.1, -0.05) is 63.4 Å². The topological polar surface area (TPSA) is 110 Å². The number of amides is 1. The van der Waals surface area contributed by atoms with E-state index >= 15 is 0 Å². The molecule has 2 unspecified atom stereocenters. The summed E-state index contributed by atoms with van der Waals surface area (Å²) in [5.74, 6) is -0.204. The first-order valence-corrected chi connectivity index (χ1v) is 21.7. The van der Waals surface area contributed by atoms with Gasteiger partial charge in [-0.25, -0.2) is 13.2 Å². The minimum absolute atomic E-state index is 0.00197. The Kier molecular flexibility index (Phi) is 14.3. The zero-order valence-electron chi connectivity index (χ0n) is 34.1. The summed E-state index contributed by atoms with van der Waals surface area (Å²) >= 11 is 0. The first-order chi connectivity index (χ1) is 25.9. The molecule has 10 nitrogen and oxygen atoms in total. The van der Waals surface area contributed by atoms with Gasteiger partial charge in [-0.05, 0) is 89.0 Å². The number of nitrogens with zero attached hydrogens (tertiary/aromatic N) is 1. The fraction of sp³-hybridized carbons (Fsp3) is 0.659. The van der Waals surface area contributed by atoms with Gasteiger partial charge >= 0.3 is 6.09 Å². The van der Waals surface area contributed by atoms with Crippen molar-refractivity contribution < 1.29 is 41.6 Å². The van der Waals surface area contributed by atoms with E-state index in [1.54, 1.807) is 35.2 Å². The molecule has 1 amide bonds. The zero-order valence-corrected chi connectivity index (χ0v) is 34.9. The van der Waals surface area contributed by atoms with Gasteiger partial charge in [0.1, 0.15) is 11.3 Å². The van der Waals surface area contributed by atoms with Crippen LogP contribution < -0.4 is 0 Å². The van der Waals surface area contributed by atoms with Crippen molar-refractivity contribution >= 4 is 15.9 Å². The second kappa shape index (κ2) is 18.2. The lowest BCUT2D eigenvalue weighted by Crippen LogP contribution is -2.46. The van der Waals surface area contributed by atoms with E-state index in [1.807, 2.05) is 46.8 Å². The van der Waals surface area contributed by atoms with Crippen LogP contribution in [0.25, 0.3) is 0 Å². The molecule has 0 N–H and O–H groups in total. The fourth-order valence-electron chi connectivity index (χ4n) is 8.46. The van der Waals surface area contributed by atoms with Gasteiger partial charge in [0.05, 0.1) is 73.1 Å². The molecular formula is C44H65NO9S. The molecule has 0 bridgehead atoms. The van der Waals surface area contributed by atoms with Crippen LogP contribution in [-0.4, -0.2) is 99.0 Å². The summed E-state index contributed by atoms with van der Waals surface area (Å²) in [7, 11) is -3.61. The van der Waals surface area contributed by atoms with E-state index in [0.717, 1.165) is 36.8 Å². The number of sulfone groups is 1. The van der Waals surface area contributed by atoms with Gasteiger partial charge in [-0.2, -0.15) is 0 Å². The molecule has 1 aromatic rings. The molecule has 0 aliphatic carbocycles. The highest BCUT2D eigenvalue weighted by atomic mass is 32.2. The molecule has 10 atom stereocenters. The van der Waals surface area contributed by atoms with Crippen molar-refractivity contribution in [2.24, 2.45) is 17.8 Å². The van der Waals surface area contributed by atoms with Crippen LogP contribution in [-0.2, 0) is 38.3 Å². The molecule has 5 rings (SSSR count). The van der Waals surface area contributed by atoms with Crippen LogP contribution in [0, 0.1) is 17.8 Å². The molecule has 4 fully saturated rings. The van der Waals surface area contributed by atoms with E-state index in [0.29, 0.717) is 37.5 Å². The Morgan fingerprint density at radius 1 is 0.982 bits per heavy atom. The molecule has 55 heavy (non-hydrogen) atoms. The van der Waals surface area contributed by atoms with Crippen LogP contribution in [0.4, 0.5) is 4.79 Å². The highest BCUT2D eigenvalue weighted by Gasteiger charge is 2.50. The Labute approximate surface area is 330 Å². The summed E-state index contributed by atoms with van der Waals surface area (Å²) in [5, 5.41) is 0. The van der Waals surface area contributed by atoms with E-state index in [9.17, 15) is 13.2 Å². The number of ether oxygens (including phenoxy) is 6. The van der Waals surface area contributed by atoms with Gasteiger partial charge in [0, 0.05) is 25.2 Å². The van der Waals surface area contributed by atoms with Crippen molar-refractivity contribution in [2.45, 2.75) is 146 Å². The van der Waals surface area contributed by atoms with Crippen LogP contribution >= 0.6 is 0 Å². The average molecular weight is 784 g/mol. The summed E-state index contributed by atoms with van der Waals surface area (Å²) in [6.45, 7) is 27.4. The SMILES string of the molecule is C=CCOC/C=C/[C@H]1CC(=C)C(CC[C@H]2C[C@@H](C)C(=C)C(C[C@@H]3O[C@H](C[C@H]4CN(C(=O)OC(C)(C)C)C(C)(C)O4)[C@H](C)[C@H]3CS(=O)(=O)c3ccccc3)O2)O1. The van der Waals surface area contributed by atoms with Gasteiger partial charge in [0.2, 0.25) is 0 Å². The third-order valence-electron chi connectivity index (χ3n) is 11.5. The van der Waals surface area contributed by atoms with Crippen LogP contribution in [0.1, 0.15) is 87.0 Å². The van der Waals surface area contributed by atoms with Gasteiger partial charge in [0.15, 0.2) is 9.84 Å². The molecule has 0 spiro atoms. The summed E-state index contributed by atoms with van der Waals surface area (Å²) in [4.78, 5) is 15.1. The Bertz CT molecular complexity index is 1630. The van der Waals surface area contributed by atoms with Crippen molar-refractivity contribution in [1.29, 1.82) is 0 Å². The maximum atomic E-state index is 13.8. The molecule has 11 heteroatoms. The lowest BCUT2D eigenvalue weighted by molar-refractivity contribution is -0.0947. The molecule has 0 saturated carbocycles. The predicted octanol–water partition coefficient (Wildman–Crippen LogP) is 8.23. The van der Waals surface area contributed by atoms with Gasteiger partial charge in [-0.3, -0.25) is 4.90 Å². The fourth-order valence-corrected chi connectivity index (χ4v) is 10.3. The molecule has 306 valence electrons. The zero-order chi connectivity index (χ0) is 40.1. The number of hydrogen-bond acceptors (Lipinski definition) is 9. The first-order valence-electron chi connectivity index (χ1n) is 20.0.